The maximum absolute atomic E-state index is 12.5. The van der Waals surface area contributed by atoms with Crippen molar-refractivity contribution >= 4 is 22.8 Å². The summed E-state index contributed by atoms with van der Waals surface area (Å²) in [6, 6.07) is 11.9. The van der Waals surface area contributed by atoms with Crippen molar-refractivity contribution in [2.75, 3.05) is 11.9 Å². The fourth-order valence-electron chi connectivity index (χ4n) is 4.30. The molecule has 3 N–H and O–H groups in total. The fourth-order valence-corrected chi connectivity index (χ4v) is 4.30. The standard InChI is InChI=1S/C29H29N5O2/c1-4-9-31-29(35)24-6-5-10-30-27(24)32-15-19-11-21(13-23(12-19)36-18(2)3)26-17-34-28-25(26)14-22(16-33-28)20-7-8-20/h1,5-6,10-14,16-18,20H,7-9,15H2,2-3H3,(H,30,32)(H,31,35)(H,33,34). The fraction of sp³-hybridized carbons (Fsp3) is 0.276. The minimum absolute atomic E-state index is 0.0365. The van der Waals surface area contributed by atoms with Crippen LogP contribution < -0.4 is 15.4 Å². The van der Waals surface area contributed by atoms with Gasteiger partial charge in [-0.2, -0.15) is 0 Å². The molecule has 1 aliphatic carbocycles. The summed E-state index contributed by atoms with van der Waals surface area (Å²) in [5.41, 5.74) is 5.75. The summed E-state index contributed by atoms with van der Waals surface area (Å²) in [6.07, 6.45) is 13.4. The zero-order chi connectivity index (χ0) is 25.1. The Morgan fingerprint density at radius 2 is 2.11 bits per heavy atom. The third-order valence-corrected chi connectivity index (χ3v) is 6.11. The minimum atomic E-state index is -0.265. The summed E-state index contributed by atoms with van der Waals surface area (Å²) in [7, 11) is 0. The van der Waals surface area contributed by atoms with E-state index in [1.165, 1.54) is 18.4 Å². The number of carbonyl (C=O) groups is 1. The van der Waals surface area contributed by atoms with Crippen molar-refractivity contribution < 1.29 is 9.53 Å². The zero-order valence-corrected chi connectivity index (χ0v) is 20.5. The quantitative estimate of drug-likeness (QED) is 0.285. The second-order valence-corrected chi connectivity index (χ2v) is 9.31. The Hall–Kier alpha value is -4.31. The Labute approximate surface area is 210 Å². The third-order valence-electron chi connectivity index (χ3n) is 6.11. The lowest BCUT2D eigenvalue weighted by Gasteiger charge is -2.15. The van der Waals surface area contributed by atoms with Crippen molar-refractivity contribution in [1.82, 2.24) is 20.3 Å². The van der Waals surface area contributed by atoms with E-state index < -0.39 is 0 Å². The Morgan fingerprint density at radius 3 is 2.89 bits per heavy atom. The molecule has 5 rings (SSSR count). The predicted molar refractivity (Wildman–Crippen MR) is 142 cm³/mol. The predicted octanol–water partition coefficient (Wildman–Crippen LogP) is 5.26. The monoisotopic (exact) mass is 479 g/mol. The number of terminal acetylenes is 1. The number of aromatic amines is 1. The van der Waals surface area contributed by atoms with Gasteiger partial charge in [-0.25, -0.2) is 9.97 Å². The number of nitrogens with one attached hydrogen (secondary N) is 3. The molecule has 3 aromatic heterocycles. The summed E-state index contributed by atoms with van der Waals surface area (Å²) >= 11 is 0. The van der Waals surface area contributed by atoms with Gasteiger partial charge in [0.1, 0.15) is 17.2 Å². The van der Waals surface area contributed by atoms with Gasteiger partial charge in [0.15, 0.2) is 0 Å². The summed E-state index contributed by atoms with van der Waals surface area (Å²) in [5.74, 6) is 4.06. The number of carbonyl (C=O) groups excluding carboxylic acids is 1. The molecule has 36 heavy (non-hydrogen) atoms. The van der Waals surface area contributed by atoms with Crippen LogP contribution in [-0.2, 0) is 6.54 Å². The van der Waals surface area contributed by atoms with Crippen molar-refractivity contribution in [1.29, 1.82) is 0 Å². The highest BCUT2D eigenvalue weighted by Gasteiger charge is 2.24. The van der Waals surface area contributed by atoms with Gasteiger partial charge >= 0.3 is 0 Å². The molecular weight excluding hydrogens is 450 g/mol. The first-order chi connectivity index (χ1) is 17.5. The van der Waals surface area contributed by atoms with Crippen LogP contribution in [0.2, 0.25) is 0 Å². The number of benzene rings is 1. The Morgan fingerprint density at radius 1 is 1.25 bits per heavy atom. The number of ether oxygens (including phenoxy) is 1. The first kappa shape index (κ1) is 23.4. The van der Waals surface area contributed by atoms with E-state index in [0.29, 0.717) is 23.8 Å². The van der Waals surface area contributed by atoms with Gasteiger partial charge in [-0.15, -0.1) is 6.42 Å². The normalized spacial score (nSPS) is 12.9. The average molecular weight is 480 g/mol. The molecule has 0 radical (unpaired) electrons. The Bertz CT molecular complexity index is 1450. The molecule has 1 fully saturated rings. The molecule has 4 aromatic rings. The molecule has 7 heteroatoms. The van der Waals surface area contributed by atoms with E-state index in [9.17, 15) is 4.79 Å². The van der Waals surface area contributed by atoms with Gasteiger partial charge in [0, 0.05) is 36.1 Å². The topological polar surface area (TPSA) is 91.9 Å². The third kappa shape index (κ3) is 5.18. The van der Waals surface area contributed by atoms with Gasteiger partial charge in [-0.1, -0.05) is 5.92 Å². The van der Waals surface area contributed by atoms with Crippen molar-refractivity contribution in [2.45, 2.75) is 45.3 Å². The Balaban J connectivity index is 1.46. The first-order valence-corrected chi connectivity index (χ1v) is 12.2. The molecule has 0 atom stereocenters. The maximum Gasteiger partial charge on any atom is 0.255 e. The number of pyridine rings is 2. The van der Waals surface area contributed by atoms with Gasteiger partial charge in [0.05, 0.1) is 18.2 Å². The van der Waals surface area contributed by atoms with E-state index in [4.69, 9.17) is 11.2 Å². The number of hydrogen-bond donors (Lipinski definition) is 3. The molecule has 0 saturated heterocycles. The van der Waals surface area contributed by atoms with Crippen LogP contribution in [0, 0.1) is 12.3 Å². The molecule has 0 bridgehead atoms. The van der Waals surface area contributed by atoms with Crippen LogP contribution in [-0.4, -0.2) is 33.5 Å². The summed E-state index contributed by atoms with van der Waals surface area (Å²) < 4.78 is 6.08. The second kappa shape index (κ2) is 10.1. The Kier molecular flexibility index (Phi) is 6.59. The molecule has 0 unspecified atom stereocenters. The molecule has 1 aliphatic rings. The van der Waals surface area contributed by atoms with Crippen LogP contribution >= 0.6 is 0 Å². The highest BCUT2D eigenvalue weighted by Crippen LogP contribution is 2.41. The largest absolute Gasteiger partial charge is 0.491 e. The molecule has 7 nitrogen and oxygen atoms in total. The van der Waals surface area contributed by atoms with E-state index in [2.05, 4.69) is 49.7 Å². The lowest BCUT2D eigenvalue weighted by Crippen LogP contribution is -2.25. The van der Waals surface area contributed by atoms with Crippen LogP contribution in [0.15, 0.2) is 55.0 Å². The van der Waals surface area contributed by atoms with E-state index in [1.54, 1.807) is 18.3 Å². The van der Waals surface area contributed by atoms with Crippen molar-refractivity contribution in [3.05, 3.63) is 71.7 Å². The minimum Gasteiger partial charge on any atom is -0.491 e. The highest BCUT2D eigenvalue weighted by atomic mass is 16.5. The lowest BCUT2D eigenvalue weighted by atomic mass is 10.0. The molecule has 3 heterocycles. The maximum atomic E-state index is 12.5. The SMILES string of the molecule is C#CCNC(=O)c1cccnc1NCc1cc(OC(C)C)cc(-c2c[nH]c3ncc(C4CC4)cc23)c1. The van der Waals surface area contributed by atoms with Gasteiger partial charge in [0.2, 0.25) is 0 Å². The summed E-state index contributed by atoms with van der Waals surface area (Å²) in [4.78, 5) is 24.8. The van der Waals surface area contributed by atoms with Crippen LogP contribution in [0.1, 0.15) is 54.1 Å². The van der Waals surface area contributed by atoms with Crippen molar-refractivity contribution in [3.63, 3.8) is 0 Å². The van der Waals surface area contributed by atoms with E-state index in [-0.39, 0.29) is 18.6 Å². The molecule has 1 saturated carbocycles. The molecule has 1 aromatic carbocycles. The molecule has 0 spiro atoms. The van der Waals surface area contributed by atoms with Gasteiger partial charge in [0.25, 0.3) is 5.91 Å². The molecule has 182 valence electrons. The number of aromatic nitrogens is 3. The number of anilines is 1. The smallest absolute Gasteiger partial charge is 0.255 e. The van der Waals surface area contributed by atoms with Gasteiger partial charge in [-0.3, -0.25) is 4.79 Å². The average Bonchev–Trinajstić information content (AvgIpc) is 3.64. The van der Waals surface area contributed by atoms with E-state index in [1.807, 2.05) is 32.3 Å². The van der Waals surface area contributed by atoms with Gasteiger partial charge < -0.3 is 20.4 Å². The number of hydrogen-bond acceptors (Lipinski definition) is 5. The summed E-state index contributed by atoms with van der Waals surface area (Å²) in [6.45, 7) is 4.64. The van der Waals surface area contributed by atoms with Crippen LogP contribution in [0.4, 0.5) is 5.82 Å². The molecule has 0 aliphatic heterocycles. The molecule has 1 amide bonds. The second-order valence-electron chi connectivity index (χ2n) is 9.31. The highest BCUT2D eigenvalue weighted by molar-refractivity contribution is 5.99. The van der Waals surface area contributed by atoms with Crippen LogP contribution in [0.3, 0.4) is 0 Å². The van der Waals surface area contributed by atoms with Crippen LogP contribution in [0.25, 0.3) is 22.2 Å². The number of rotatable bonds is 9. The number of amides is 1. The first-order valence-electron chi connectivity index (χ1n) is 12.2. The number of nitrogens with zero attached hydrogens (tertiary/aromatic N) is 2. The van der Waals surface area contributed by atoms with Crippen LogP contribution in [0.5, 0.6) is 5.75 Å². The lowest BCUT2D eigenvalue weighted by molar-refractivity contribution is 0.0959. The van der Waals surface area contributed by atoms with E-state index >= 15 is 0 Å². The molecular formula is C29H29N5O2. The van der Waals surface area contributed by atoms with Crippen molar-refractivity contribution in [2.24, 2.45) is 0 Å². The zero-order valence-electron chi connectivity index (χ0n) is 20.5. The number of fused-ring (bicyclic) bond motifs is 1. The van der Waals surface area contributed by atoms with Crippen molar-refractivity contribution in [3.8, 4) is 29.2 Å². The number of H-pyrrole nitrogens is 1. The van der Waals surface area contributed by atoms with Gasteiger partial charge in [-0.05, 0) is 85.7 Å². The van der Waals surface area contributed by atoms with E-state index in [0.717, 1.165) is 33.5 Å². The summed E-state index contributed by atoms with van der Waals surface area (Å²) in [5, 5.41) is 7.11.